The van der Waals surface area contributed by atoms with Gasteiger partial charge in [0, 0.05) is 42.9 Å². The van der Waals surface area contributed by atoms with Crippen molar-refractivity contribution in [2.24, 2.45) is 40.4 Å². The fourth-order valence-corrected chi connectivity index (χ4v) is 11.8. The number of benzene rings is 1. The molecule has 0 saturated carbocycles. The number of carbonyl (C=O) groups is 1. The molecular weight excluding hydrogens is 951 g/mol. The number of pyridine rings is 1. The average Bonchev–Trinajstić information content (AvgIpc) is 3.38. The highest BCUT2D eigenvalue weighted by molar-refractivity contribution is 5.88. The topological polar surface area (TPSA) is 112 Å². The molecule has 2 aromatic rings. The molecule has 14 atom stereocenters. The predicted molar refractivity (Wildman–Crippen MR) is 321 cm³/mol. The number of aromatic nitrogens is 1. The van der Waals surface area contributed by atoms with Gasteiger partial charge in [-0.2, -0.15) is 0 Å². The molecule has 2 saturated heterocycles. The molecule has 76 heavy (non-hydrogen) atoms. The normalized spacial score (nSPS) is 24.9. The van der Waals surface area contributed by atoms with Crippen molar-refractivity contribution >= 4 is 23.3 Å². The van der Waals surface area contributed by atoms with Gasteiger partial charge in [-0.3, -0.25) is 4.79 Å². The first-order valence-corrected chi connectivity index (χ1v) is 29.6. The van der Waals surface area contributed by atoms with E-state index >= 15 is 0 Å². The van der Waals surface area contributed by atoms with E-state index in [0.717, 1.165) is 98.4 Å². The van der Waals surface area contributed by atoms with Crippen molar-refractivity contribution in [2.75, 3.05) is 60.7 Å². The van der Waals surface area contributed by atoms with E-state index < -0.39 is 6.10 Å². The summed E-state index contributed by atoms with van der Waals surface area (Å²) in [6.45, 7) is 47.7. The highest BCUT2D eigenvalue weighted by atomic mass is 16.6. The molecule has 11 nitrogen and oxygen atoms in total. The van der Waals surface area contributed by atoms with Gasteiger partial charge in [-0.15, -0.1) is 6.58 Å². The van der Waals surface area contributed by atoms with Gasteiger partial charge in [0.2, 0.25) is 0 Å². The molecule has 0 aliphatic carbocycles. The van der Waals surface area contributed by atoms with Crippen molar-refractivity contribution in [3.05, 3.63) is 70.6 Å². The molecule has 0 radical (unpaired) electrons. The van der Waals surface area contributed by atoms with Crippen molar-refractivity contribution in [1.29, 1.82) is 0 Å². The number of aliphatic hydroxyl groups is 1. The Kier molecular flexibility index (Phi) is 30.9. The first-order chi connectivity index (χ1) is 35.9. The van der Waals surface area contributed by atoms with Crippen LogP contribution in [0.15, 0.2) is 54.0 Å². The maximum absolute atomic E-state index is 12.7. The fourth-order valence-electron chi connectivity index (χ4n) is 11.8. The lowest BCUT2D eigenvalue weighted by molar-refractivity contribution is -0.167. The molecule has 436 valence electrons. The Hall–Kier alpha value is -3.16. The zero-order valence-electron chi connectivity index (χ0n) is 51.8. The lowest BCUT2D eigenvalue weighted by atomic mass is 9.62. The van der Waals surface area contributed by atoms with Crippen molar-refractivity contribution in [2.45, 2.75) is 218 Å². The van der Waals surface area contributed by atoms with E-state index in [0.29, 0.717) is 49.8 Å². The lowest BCUT2D eigenvalue weighted by Gasteiger charge is -2.47. The molecule has 11 heteroatoms. The number of nitrogens with zero attached hydrogens (tertiary/aromatic N) is 3. The second-order valence-electron chi connectivity index (χ2n) is 23.8. The molecule has 0 spiro atoms. The summed E-state index contributed by atoms with van der Waals surface area (Å²) in [6.07, 6.45) is 19.1. The number of aliphatic hydroxyl groups excluding tert-OH is 1. The average molecular weight is 1060 g/mol. The van der Waals surface area contributed by atoms with Crippen LogP contribution in [0.25, 0.3) is 17.0 Å². The fraction of sp³-hybridized carbons (Fsp3) is 0.754. The van der Waals surface area contributed by atoms with Crippen LogP contribution in [-0.4, -0.2) is 129 Å². The first kappa shape index (κ1) is 68.9. The molecule has 0 amide bonds. The molecule has 1 aromatic heterocycles. The van der Waals surface area contributed by atoms with E-state index in [-0.39, 0.29) is 58.4 Å². The van der Waals surface area contributed by atoms with Gasteiger partial charge in [-0.25, -0.2) is 0 Å². The third-order valence-electron chi connectivity index (χ3n) is 17.5. The second kappa shape index (κ2) is 34.1. The molecule has 5 rings (SSSR count). The van der Waals surface area contributed by atoms with E-state index in [4.69, 9.17) is 28.5 Å². The van der Waals surface area contributed by atoms with Gasteiger partial charge < -0.3 is 48.0 Å². The number of aldehydes is 1. The minimum Gasteiger partial charge on any atom is -0.489 e. The summed E-state index contributed by atoms with van der Waals surface area (Å²) in [5.74, 6) is 2.53. The Labute approximate surface area is 464 Å². The summed E-state index contributed by atoms with van der Waals surface area (Å²) in [5, 5.41) is 12.2. The highest BCUT2D eigenvalue weighted by Crippen LogP contribution is 2.47. The number of rotatable bonds is 26. The number of hydrogen-bond acceptors (Lipinski definition) is 10. The smallest absolute Gasteiger partial charge is 0.192 e. The van der Waals surface area contributed by atoms with E-state index in [9.17, 15) is 9.90 Å². The highest BCUT2D eigenvalue weighted by Gasteiger charge is 2.44. The van der Waals surface area contributed by atoms with Crippen LogP contribution in [0.5, 0.6) is 5.75 Å². The molecule has 4 heterocycles. The maximum atomic E-state index is 12.7. The Morgan fingerprint density at radius 3 is 2.32 bits per heavy atom. The van der Waals surface area contributed by atoms with E-state index in [1.165, 1.54) is 26.2 Å². The van der Waals surface area contributed by atoms with Gasteiger partial charge in [0.1, 0.15) is 18.6 Å². The van der Waals surface area contributed by atoms with Crippen LogP contribution in [0.2, 0.25) is 0 Å². The Morgan fingerprint density at radius 1 is 1.04 bits per heavy atom. The Morgan fingerprint density at radius 2 is 1.71 bits per heavy atom. The molecule has 1 N–H and O–H groups in total. The van der Waals surface area contributed by atoms with Crippen molar-refractivity contribution < 1.29 is 33.6 Å². The Balaban J connectivity index is 0.000000485. The van der Waals surface area contributed by atoms with E-state index in [2.05, 4.69) is 131 Å². The van der Waals surface area contributed by atoms with Crippen LogP contribution in [0.1, 0.15) is 173 Å². The SMILES string of the molecule is C=C[C@](C)(C[C@@H](C)CN(C)C(C)CC[C@H](C)CC)[C@H](CC1CC(N(C)C)CC(C)O1)C(C)[C@H](O)C(C)C(=C)C.CC.CC=O.CC[C@]1(C)CCOC(C)[C@@H]1OCCOC/C=C/c1cc2c3c(c1)c(=O)c(C)cn3CCO2. The summed E-state index contributed by atoms with van der Waals surface area (Å²) in [4.78, 5) is 26.4. The van der Waals surface area contributed by atoms with Crippen LogP contribution in [0, 0.1) is 47.3 Å². The zero-order valence-corrected chi connectivity index (χ0v) is 51.8. The number of carbonyl (C=O) groups excluding carboxylic acids is 1. The molecule has 1 aromatic carbocycles. The summed E-state index contributed by atoms with van der Waals surface area (Å²) < 4.78 is 32.2. The molecule has 0 bridgehead atoms. The van der Waals surface area contributed by atoms with Crippen LogP contribution >= 0.6 is 0 Å². The number of hydrogen-bond donors (Lipinski definition) is 1. The van der Waals surface area contributed by atoms with Crippen molar-refractivity contribution in [3.63, 3.8) is 0 Å². The molecule has 7 unspecified atom stereocenters. The Bertz CT molecular complexity index is 2100. The van der Waals surface area contributed by atoms with E-state index in [1.54, 1.807) is 0 Å². The van der Waals surface area contributed by atoms with Gasteiger partial charge in [-0.1, -0.05) is 106 Å². The third kappa shape index (κ3) is 20.5. The largest absolute Gasteiger partial charge is 0.489 e. The first-order valence-electron chi connectivity index (χ1n) is 29.6. The molecule has 3 aliphatic heterocycles. The minimum atomic E-state index is -0.434. The molecular formula is C65H113N3O8. The number of allylic oxidation sites excluding steroid dienone is 1. The molecule has 3 aliphatic rings. The van der Waals surface area contributed by atoms with E-state index in [1.807, 2.05) is 58.2 Å². The molecule has 2 fully saturated rings. The van der Waals surface area contributed by atoms with Gasteiger partial charge in [0.15, 0.2) is 5.43 Å². The predicted octanol–water partition coefficient (Wildman–Crippen LogP) is 13.6. The third-order valence-corrected chi connectivity index (χ3v) is 17.5. The summed E-state index contributed by atoms with van der Waals surface area (Å²) in [6, 6.07) is 5.05. The van der Waals surface area contributed by atoms with Gasteiger partial charge >= 0.3 is 0 Å². The number of ether oxygens (including phenoxy) is 5. The van der Waals surface area contributed by atoms with Crippen LogP contribution < -0.4 is 10.2 Å². The second-order valence-corrected chi connectivity index (χ2v) is 23.8. The monoisotopic (exact) mass is 1060 g/mol. The zero-order chi connectivity index (χ0) is 57.5. The summed E-state index contributed by atoms with van der Waals surface area (Å²) in [5.41, 5.74) is 3.75. The summed E-state index contributed by atoms with van der Waals surface area (Å²) in [7, 11) is 6.67. The lowest BCUT2D eigenvalue weighted by Crippen LogP contribution is -2.48. The van der Waals surface area contributed by atoms with Crippen LogP contribution in [-0.2, 0) is 30.3 Å². The standard InChI is InChI=1S/C35H68N2O2.C26H35NO5.C2H4O.C2H6/c1-15-25(5)17-18-27(7)37(14)23-26(6)22-35(11,16-2)33(30(10)34(38)29(9)24(3)4)21-32-20-31(36(12)13)19-28(8)39-32;1-5-26(4)8-11-30-19(3)25(26)32-14-13-29-10-6-7-20-15-21-23-22(16-20)31-12-9-27(23)17-18(2)24(21)28;1-2-3;1-2/h16,25-34,38H,2-3,15,17-23H2,1,4-14H3;6-7,15-17,19,25H,5,8-14H2,1-4H3;2H,1H3;1-2H3/b;7-6+;;/t25-,26-,27?,28?,29?,30?,31?,32?,33-,34-,35-;19?,25-,26+;;/m10../s1. The minimum absolute atomic E-state index is 0.0617. The van der Waals surface area contributed by atoms with Crippen LogP contribution in [0.4, 0.5) is 0 Å². The van der Waals surface area contributed by atoms with Crippen molar-refractivity contribution in [3.8, 4) is 5.75 Å². The van der Waals surface area contributed by atoms with Crippen LogP contribution in [0.3, 0.4) is 0 Å². The van der Waals surface area contributed by atoms with Gasteiger partial charge in [0.05, 0.1) is 67.8 Å². The maximum Gasteiger partial charge on any atom is 0.192 e. The number of aryl methyl sites for hydroxylation is 1. The van der Waals surface area contributed by atoms with Crippen molar-refractivity contribution in [1.82, 2.24) is 14.4 Å². The quantitative estimate of drug-likeness (QED) is 0.0555. The van der Waals surface area contributed by atoms with Gasteiger partial charge in [-0.05, 0) is 166 Å². The summed E-state index contributed by atoms with van der Waals surface area (Å²) >= 11 is 0. The van der Waals surface area contributed by atoms with Gasteiger partial charge in [0.25, 0.3) is 0 Å².